The summed E-state index contributed by atoms with van der Waals surface area (Å²) in [5, 5.41) is 1.35. The fourth-order valence-electron chi connectivity index (χ4n) is 4.02. The van der Waals surface area contributed by atoms with Gasteiger partial charge in [-0.05, 0) is 28.5 Å². The Morgan fingerprint density at radius 3 is 2.58 bits per heavy atom. The van der Waals surface area contributed by atoms with Crippen molar-refractivity contribution in [3.05, 3.63) is 77.5 Å². The zero-order valence-corrected chi connectivity index (χ0v) is 16.0. The van der Waals surface area contributed by atoms with Gasteiger partial charge >= 0.3 is 0 Å². The Morgan fingerprint density at radius 2 is 1.81 bits per heavy atom. The molecular formula is C24H28N2. The number of aromatic amines is 1. The van der Waals surface area contributed by atoms with Crippen LogP contribution in [0.15, 0.2) is 60.8 Å². The molecule has 0 saturated carbocycles. The molecule has 1 aliphatic heterocycles. The lowest BCUT2D eigenvalue weighted by atomic mass is 9.85. The highest BCUT2D eigenvalue weighted by Gasteiger charge is 2.21. The summed E-state index contributed by atoms with van der Waals surface area (Å²) < 4.78 is 0. The van der Waals surface area contributed by atoms with Crippen molar-refractivity contribution in [1.82, 2.24) is 9.88 Å². The van der Waals surface area contributed by atoms with Gasteiger partial charge in [-0.15, -0.1) is 0 Å². The van der Waals surface area contributed by atoms with E-state index in [4.69, 9.17) is 0 Å². The van der Waals surface area contributed by atoms with E-state index in [2.05, 4.69) is 91.5 Å². The van der Waals surface area contributed by atoms with Crippen LogP contribution in [0, 0.1) is 0 Å². The number of para-hydroxylation sites is 1. The van der Waals surface area contributed by atoms with E-state index in [0.29, 0.717) is 0 Å². The van der Waals surface area contributed by atoms with Crippen LogP contribution in [0.4, 0.5) is 0 Å². The van der Waals surface area contributed by atoms with E-state index >= 15 is 0 Å². The monoisotopic (exact) mass is 344 g/mol. The molecule has 0 amide bonds. The summed E-state index contributed by atoms with van der Waals surface area (Å²) in [7, 11) is 0. The first-order chi connectivity index (χ1) is 12.5. The molecule has 26 heavy (non-hydrogen) atoms. The van der Waals surface area contributed by atoms with Crippen molar-refractivity contribution in [2.75, 3.05) is 13.1 Å². The molecule has 2 heterocycles. The van der Waals surface area contributed by atoms with E-state index in [0.717, 1.165) is 26.1 Å². The third-order valence-electron chi connectivity index (χ3n) is 5.35. The van der Waals surface area contributed by atoms with E-state index in [9.17, 15) is 0 Å². The number of aromatic nitrogens is 1. The van der Waals surface area contributed by atoms with E-state index in [1.54, 1.807) is 0 Å². The van der Waals surface area contributed by atoms with Crippen molar-refractivity contribution >= 4 is 16.5 Å². The first-order valence-electron chi connectivity index (χ1n) is 9.58. The van der Waals surface area contributed by atoms with Gasteiger partial charge in [0.05, 0.1) is 0 Å². The van der Waals surface area contributed by atoms with Gasteiger partial charge in [-0.2, -0.15) is 0 Å². The lowest BCUT2D eigenvalue weighted by Crippen LogP contribution is -2.28. The van der Waals surface area contributed by atoms with E-state index in [-0.39, 0.29) is 5.41 Å². The molecule has 0 saturated heterocycles. The number of hydrogen-bond donors (Lipinski definition) is 1. The fourth-order valence-corrected chi connectivity index (χ4v) is 4.02. The molecule has 134 valence electrons. The normalized spacial score (nSPS) is 16.0. The molecule has 3 aromatic rings. The first kappa shape index (κ1) is 17.1. The Kier molecular flexibility index (Phi) is 4.46. The molecule has 1 aliphatic rings. The van der Waals surface area contributed by atoms with Crippen LogP contribution >= 0.6 is 0 Å². The van der Waals surface area contributed by atoms with Gasteiger partial charge in [-0.1, -0.05) is 75.4 Å². The number of H-pyrrole nitrogens is 1. The Bertz CT molecular complexity index is 926. The summed E-state index contributed by atoms with van der Waals surface area (Å²) in [5.41, 5.74) is 7.02. The first-order valence-corrected chi connectivity index (χ1v) is 9.58. The van der Waals surface area contributed by atoms with Crippen molar-refractivity contribution in [2.24, 2.45) is 0 Å². The van der Waals surface area contributed by atoms with Gasteiger partial charge in [0, 0.05) is 42.3 Å². The summed E-state index contributed by atoms with van der Waals surface area (Å²) in [6.07, 6.45) is 5.75. The lowest BCUT2D eigenvalue weighted by molar-refractivity contribution is 0.296. The molecule has 4 rings (SSSR count). The van der Waals surface area contributed by atoms with Crippen molar-refractivity contribution < 1.29 is 0 Å². The van der Waals surface area contributed by atoms with Crippen LogP contribution in [0.25, 0.3) is 16.5 Å². The molecule has 2 heteroatoms. The van der Waals surface area contributed by atoms with Crippen molar-refractivity contribution in [3.8, 4) is 0 Å². The minimum absolute atomic E-state index is 0.141. The van der Waals surface area contributed by atoms with Gasteiger partial charge in [0.2, 0.25) is 0 Å². The molecule has 0 atom stereocenters. The predicted octanol–water partition coefficient (Wildman–Crippen LogP) is 5.75. The van der Waals surface area contributed by atoms with Gasteiger partial charge in [0.25, 0.3) is 0 Å². The number of rotatable bonds is 3. The highest BCUT2D eigenvalue weighted by atomic mass is 15.1. The predicted molar refractivity (Wildman–Crippen MR) is 111 cm³/mol. The molecule has 2 aromatic carbocycles. The van der Waals surface area contributed by atoms with Crippen LogP contribution in [0.1, 0.15) is 43.9 Å². The molecule has 1 N–H and O–H groups in total. The average molecular weight is 345 g/mol. The Labute approximate surface area is 156 Å². The topological polar surface area (TPSA) is 19.0 Å². The van der Waals surface area contributed by atoms with Crippen LogP contribution in [-0.2, 0) is 12.0 Å². The van der Waals surface area contributed by atoms with E-state index in [1.807, 2.05) is 0 Å². The quantitative estimate of drug-likeness (QED) is 0.640. The van der Waals surface area contributed by atoms with Gasteiger partial charge in [0.15, 0.2) is 0 Å². The second-order valence-electron chi connectivity index (χ2n) is 8.39. The van der Waals surface area contributed by atoms with Gasteiger partial charge in [-0.25, -0.2) is 0 Å². The van der Waals surface area contributed by atoms with Crippen LogP contribution in [0.2, 0.25) is 0 Å². The fraction of sp³-hybridized carbons (Fsp3) is 0.333. The maximum absolute atomic E-state index is 3.57. The minimum atomic E-state index is 0.141. The summed E-state index contributed by atoms with van der Waals surface area (Å²) in [6, 6.07) is 17.5. The lowest BCUT2D eigenvalue weighted by Gasteiger charge is -2.27. The SMILES string of the molecule is CC(C)(C)c1cccc2c(C3=CCCN(Cc4ccccc4)C3)c[nH]c12. The Morgan fingerprint density at radius 1 is 1.00 bits per heavy atom. The molecule has 2 nitrogen and oxygen atoms in total. The summed E-state index contributed by atoms with van der Waals surface area (Å²) >= 11 is 0. The zero-order chi connectivity index (χ0) is 18.1. The maximum Gasteiger partial charge on any atom is 0.0498 e. The van der Waals surface area contributed by atoms with Crippen LogP contribution in [0.5, 0.6) is 0 Å². The third-order valence-corrected chi connectivity index (χ3v) is 5.35. The second kappa shape index (κ2) is 6.77. The summed E-state index contributed by atoms with van der Waals surface area (Å²) in [4.78, 5) is 6.12. The van der Waals surface area contributed by atoms with Gasteiger partial charge in [-0.3, -0.25) is 4.90 Å². The molecule has 0 bridgehead atoms. The van der Waals surface area contributed by atoms with E-state index in [1.165, 1.54) is 33.2 Å². The zero-order valence-electron chi connectivity index (χ0n) is 16.0. The molecule has 1 aromatic heterocycles. The molecule has 0 aliphatic carbocycles. The van der Waals surface area contributed by atoms with Crippen LogP contribution in [0.3, 0.4) is 0 Å². The third kappa shape index (κ3) is 3.34. The van der Waals surface area contributed by atoms with Gasteiger partial charge in [0.1, 0.15) is 0 Å². The highest BCUT2D eigenvalue weighted by molar-refractivity contribution is 5.95. The average Bonchev–Trinajstić information content (AvgIpc) is 3.06. The standard InChI is InChI=1S/C24H28N2/c1-24(2,3)22-13-7-12-20-21(15-25-23(20)22)19-11-8-14-26(17-19)16-18-9-5-4-6-10-18/h4-7,9-13,15,25H,8,14,16-17H2,1-3H3. The van der Waals surface area contributed by atoms with Crippen LogP contribution in [-0.4, -0.2) is 23.0 Å². The number of fused-ring (bicyclic) bond motifs is 1. The smallest absolute Gasteiger partial charge is 0.0498 e. The molecule has 0 spiro atoms. The van der Waals surface area contributed by atoms with Crippen LogP contribution < -0.4 is 0 Å². The minimum Gasteiger partial charge on any atom is -0.360 e. The number of benzene rings is 2. The molecule has 0 radical (unpaired) electrons. The van der Waals surface area contributed by atoms with Crippen molar-refractivity contribution in [3.63, 3.8) is 0 Å². The Balaban J connectivity index is 1.62. The Hall–Kier alpha value is -2.32. The largest absolute Gasteiger partial charge is 0.360 e. The van der Waals surface area contributed by atoms with E-state index < -0.39 is 0 Å². The number of nitrogens with one attached hydrogen (secondary N) is 1. The molecule has 0 unspecified atom stereocenters. The summed E-state index contributed by atoms with van der Waals surface area (Å²) in [6.45, 7) is 10.0. The van der Waals surface area contributed by atoms with Gasteiger partial charge < -0.3 is 4.98 Å². The molecular weight excluding hydrogens is 316 g/mol. The second-order valence-corrected chi connectivity index (χ2v) is 8.39. The van der Waals surface area contributed by atoms with Crippen molar-refractivity contribution in [2.45, 2.75) is 39.2 Å². The highest BCUT2D eigenvalue weighted by Crippen LogP contribution is 2.34. The number of nitrogens with zero attached hydrogens (tertiary/aromatic N) is 1. The maximum atomic E-state index is 3.57. The summed E-state index contributed by atoms with van der Waals surface area (Å²) in [5.74, 6) is 0. The number of hydrogen-bond acceptors (Lipinski definition) is 1. The van der Waals surface area contributed by atoms with Crippen molar-refractivity contribution in [1.29, 1.82) is 0 Å². The molecule has 0 fully saturated rings.